The Morgan fingerprint density at radius 2 is 1.94 bits per heavy atom. The maximum absolute atomic E-state index is 6.11. The Labute approximate surface area is 122 Å². The number of halogens is 3. The summed E-state index contributed by atoms with van der Waals surface area (Å²) in [6.07, 6.45) is 0. The zero-order chi connectivity index (χ0) is 12.4. The quantitative estimate of drug-likeness (QED) is 0.815. The molecular formula is C11H9BrCl2N2S. The molecule has 3 N–H and O–H groups in total. The summed E-state index contributed by atoms with van der Waals surface area (Å²) < 4.78 is 0.855. The van der Waals surface area contributed by atoms with Crippen LogP contribution < -0.4 is 11.1 Å². The second-order valence-electron chi connectivity index (χ2n) is 3.40. The van der Waals surface area contributed by atoms with Crippen LogP contribution in [0.1, 0.15) is 4.88 Å². The molecule has 0 aliphatic rings. The Hall–Kier alpha value is -0.420. The van der Waals surface area contributed by atoms with Gasteiger partial charge in [0.25, 0.3) is 0 Å². The van der Waals surface area contributed by atoms with Crippen LogP contribution in [0.4, 0.5) is 11.4 Å². The van der Waals surface area contributed by atoms with E-state index in [-0.39, 0.29) is 0 Å². The average Bonchev–Trinajstić information content (AvgIpc) is 2.62. The van der Waals surface area contributed by atoms with Gasteiger partial charge in [0.05, 0.1) is 22.3 Å². The van der Waals surface area contributed by atoms with Crippen molar-refractivity contribution in [1.29, 1.82) is 0 Å². The molecule has 1 heterocycles. The first-order chi connectivity index (χ1) is 8.08. The predicted octanol–water partition coefficient (Wildman–Crippen LogP) is 5.01. The van der Waals surface area contributed by atoms with Crippen LogP contribution in [0.15, 0.2) is 28.1 Å². The molecule has 1 aromatic carbocycles. The SMILES string of the molecule is Nc1ccsc1CNc1c(Cl)cc(Br)cc1Cl. The molecule has 6 heteroatoms. The zero-order valence-corrected chi connectivity index (χ0v) is 12.6. The molecule has 0 bridgehead atoms. The molecule has 0 aliphatic heterocycles. The highest BCUT2D eigenvalue weighted by Crippen LogP contribution is 2.34. The van der Waals surface area contributed by atoms with E-state index in [1.165, 1.54) is 0 Å². The molecule has 0 unspecified atom stereocenters. The monoisotopic (exact) mass is 350 g/mol. The number of nitrogen functional groups attached to an aromatic ring is 1. The molecule has 1 aromatic heterocycles. The Morgan fingerprint density at radius 3 is 2.47 bits per heavy atom. The first-order valence-corrected chi connectivity index (χ1v) is 7.21. The van der Waals surface area contributed by atoms with E-state index in [0.717, 1.165) is 20.7 Å². The third-order valence-corrected chi connectivity index (χ3v) is 4.20. The Morgan fingerprint density at radius 1 is 1.29 bits per heavy atom. The van der Waals surface area contributed by atoms with Crippen LogP contribution in [0.25, 0.3) is 0 Å². The van der Waals surface area contributed by atoms with Crippen molar-refractivity contribution in [2.45, 2.75) is 6.54 Å². The normalized spacial score (nSPS) is 10.5. The molecule has 2 nitrogen and oxygen atoms in total. The van der Waals surface area contributed by atoms with Crippen LogP contribution in [0, 0.1) is 0 Å². The first kappa shape index (κ1) is 13.0. The largest absolute Gasteiger partial charge is 0.398 e. The van der Waals surface area contributed by atoms with Gasteiger partial charge in [-0.2, -0.15) is 0 Å². The topological polar surface area (TPSA) is 38.0 Å². The summed E-state index contributed by atoms with van der Waals surface area (Å²) in [5.74, 6) is 0. The minimum atomic E-state index is 0.583. The van der Waals surface area contributed by atoms with E-state index < -0.39 is 0 Å². The number of hydrogen-bond donors (Lipinski definition) is 2. The smallest absolute Gasteiger partial charge is 0.0722 e. The fourth-order valence-electron chi connectivity index (χ4n) is 1.37. The number of nitrogens with one attached hydrogen (secondary N) is 1. The van der Waals surface area contributed by atoms with E-state index >= 15 is 0 Å². The van der Waals surface area contributed by atoms with Gasteiger partial charge in [-0.15, -0.1) is 11.3 Å². The first-order valence-electron chi connectivity index (χ1n) is 4.78. The van der Waals surface area contributed by atoms with E-state index in [4.69, 9.17) is 28.9 Å². The van der Waals surface area contributed by atoms with Gasteiger partial charge in [0.2, 0.25) is 0 Å². The molecule has 0 saturated carbocycles. The van der Waals surface area contributed by atoms with Crippen LogP contribution in [0.2, 0.25) is 10.0 Å². The van der Waals surface area contributed by atoms with Gasteiger partial charge in [-0.1, -0.05) is 39.1 Å². The molecule has 17 heavy (non-hydrogen) atoms. The standard InChI is InChI=1S/C11H9BrCl2N2S/c12-6-3-7(13)11(8(14)4-6)16-5-10-9(15)1-2-17-10/h1-4,16H,5,15H2. The van der Waals surface area contributed by atoms with E-state index in [1.54, 1.807) is 23.5 Å². The maximum Gasteiger partial charge on any atom is 0.0722 e. The number of benzene rings is 1. The highest BCUT2D eigenvalue weighted by atomic mass is 79.9. The molecule has 0 atom stereocenters. The van der Waals surface area contributed by atoms with Crippen LogP contribution in [-0.4, -0.2) is 0 Å². The zero-order valence-electron chi connectivity index (χ0n) is 8.64. The number of nitrogens with two attached hydrogens (primary N) is 1. The van der Waals surface area contributed by atoms with Crippen molar-refractivity contribution in [2.75, 3.05) is 11.1 Å². The van der Waals surface area contributed by atoms with E-state index in [0.29, 0.717) is 16.6 Å². The third-order valence-electron chi connectivity index (χ3n) is 2.21. The second kappa shape index (κ2) is 5.48. The summed E-state index contributed by atoms with van der Waals surface area (Å²) in [5, 5.41) is 6.32. The molecule has 0 spiro atoms. The lowest BCUT2D eigenvalue weighted by Crippen LogP contribution is -2.01. The van der Waals surface area contributed by atoms with Crippen molar-refractivity contribution in [1.82, 2.24) is 0 Å². The van der Waals surface area contributed by atoms with Crippen molar-refractivity contribution in [3.8, 4) is 0 Å². The summed E-state index contributed by atoms with van der Waals surface area (Å²) in [6.45, 7) is 0.616. The van der Waals surface area contributed by atoms with Gasteiger partial charge in [0.15, 0.2) is 0 Å². The van der Waals surface area contributed by atoms with Crippen LogP contribution in [0.3, 0.4) is 0 Å². The Bertz CT molecular complexity index is 519. The maximum atomic E-state index is 6.11. The highest BCUT2D eigenvalue weighted by molar-refractivity contribution is 9.10. The summed E-state index contributed by atoms with van der Waals surface area (Å²) in [6, 6.07) is 5.48. The van der Waals surface area contributed by atoms with Gasteiger partial charge < -0.3 is 11.1 Å². The Balaban J connectivity index is 2.17. The Kier molecular flexibility index (Phi) is 4.20. The number of anilines is 2. The van der Waals surface area contributed by atoms with Crippen molar-refractivity contribution >= 4 is 61.8 Å². The molecule has 0 fully saturated rings. The molecule has 90 valence electrons. The fraction of sp³-hybridized carbons (Fsp3) is 0.0909. The van der Waals surface area contributed by atoms with E-state index in [1.807, 2.05) is 11.4 Å². The molecule has 0 amide bonds. The van der Waals surface area contributed by atoms with E-state index in [2.05, 4.69) is 21.2 Å². The number of hydrogen-bond acceptors (Lipinski definition) is 3. The molecule has 0 aliphatic carbocycles. The lowest BCUT2D eigenvalue weighted by Gasteiger charge is -2.10. The summed E-state index contributed by atoms with van der Waals surface area (Å²) in [5.41, 5.74) is 7.31. The predicted molar refractivity (Wildman–Crippen MR) is 80.2 cm³/mol. The molecule has 2 aromatic rings. The lowest BCUT2D eigenvalue weighted by molar-refractivity contribution is 1.19. The van der Waals surface area contributed by atoms with Gasteiger partial charge in [-0.25, -0.2) is 0 Å². The van der Waals surface area contributed by atoms with Gasteiger partial charge in [-0.3, -0.25) is 0 Å². The number of thiophene rings is 1. The number of rotatable bonds is 3. The minimum absolute atomic E-state index is 0.583. The van der Waals surface area contributed by atoms with Gasteiger partial charge in [0, 0.05) is 15.0 Å². The van der Waals surface area contributed by atoms with Gasteiger partial charge in [-0.05, 0) is 23.6 Å². The van der Waals surface area contributed by atoms with Crippen molar-refractivity contribution in [3.63, 3.8) is 0 Å². The van der Waals surface area contributed by atoms with Crippen molar-refractivity contribution in [3.05, 3.63) is 43.0 Å². The summed E-state index contributed by atoms with van der Waals surface area (Å²) in [4.78, 5) is 1.07. The van der Waals surface area contributed by atoms with Crippen LogP contribution >= 0.6 is 50.5 Å². The highest BCUT2D eigenvalue weighted by Gasteiger charge is 2.08. The molecule has 0 radical (unpaired) electrons. The van der Waals surface area contributed by atoms with E-state index in [9.17, 15) is 0 Å². The van der Waals surface area contributed by atoms with Gasteiger partial charge >= 0.3 is 0 Å². The molecular weight excluding hydrogens is 343 g/mol. The second-order valence-corrected chi connectivity index (χ2v) is 6.13. The van der Waals surface area contributed by atoms with Crippen LogP contribution in [0.5, 0.6) is 0 Å². The summed E-state index contributed by atoms with van der Waals surface area (Å²) >= 11 is 17.2. The average molecular weight is 352 g/mol. The van der Waals surface area contributed by atoms with Crippen molar-refractivity contribution < 1.29 is 0 Å². The van der Waals surface area contributed by atoms with Crippen LogP contribution in [-0.2, 0) is 6.54 Å². The summed E-state index contributed by atoms with van der Waals surface area (Å²) in [7, 11) is 0. The third kappa shape index (κ3) is 3.07. The minimum Gasteiger partial charge on any atom is -0.398 e. The van der Waals surface area contributed by atoms with Crippen molar-refractivity contribution in [2.24, 2.45) is 0 Å². The lowest BCUT2D eigenvalue weighted by atomic mass is 10.3. The molecule has 2 rings (SSSR count). The fourth-order valence-corrected chi connectivity index (χ4v) is 3.45. The molecule has 0 saturated heterocycles. The van der Waals surface area contributed by atoms with Gasteiger partial charge in [0.1, 0.15) is 0 Å².